The van der Waals surface area contributed by atoms with Crippen LogP contribution in [0, 0.1) is 0 Å². The van der Waals surface area contributed by atoms with E-state index in [9.17, 15) is 9.90 Å². The summed E-state index contributed by atoms with van der Waals surface area (Å²) < 4.78 is 16.6. The molecule has 0 radical (unpaired) electrons. The van der Waals surface area contributed by atoms with E-state index in [-0.39, 0.29) is 11.5 Å². The highest BCUT2D eigenvalue weighted by Gasteiger charge is 2.12. The van der Waals surface area contributed by atoms with Crippen molar-refractivity contribution in [2.24, 2.45) is 5.10 Å². The van der Waals surface area contributed by atoms with Crippen LogP contribution in [-0.4, -0.2) is 30.9 Å². The molecule has 0 unspecified atom stereocenters. The molecular weight excluding hydrogens is 416 g/mol. The highest BCUT2D eigenvalue weighted by atomic mass is 79.9. The second kappa shape index (κ2) is 8.13. The summed E-state index contributed by atoms with van der Waals surface area (Å²) in [5.41, 5.74) is 3.61. The Hall–Kier alpha value is -3.00. The van der Waals surface area contributed by atoms with Crippen LogP contribution >= 0.6 is 15.9 Å². The van der Waals surface area contributed by atoms with Gasteiger partial charge in [0, 0.05) is 15.4 Å². The molecule has 0 spiro atoms. The first-order chi connectivity index (χ1) is 13.0. The van der Waals surface area contributed by atoms with Crippen molar-refractivity contribution >= 4 is 39.0 Å². The van der Waals surface area contributed by atoms with Crippen LogP contribution < -0.4 is 14.9 Å². The Balaban J connectivity index is 1.74. The summed E-state index contributed by atoms with van der Waals surface area (Å²) in [6, 6.07) is 10.0. The first-order valence-electron chi connectivity index (χ1n) is 8.08. The molecule has 1 heterocycles. The van der Waals surface area contributed by atoms with Crippen LogP contribution in [0.4, 0.5) is 0 Å². The number of phenols is 1. The smallest absolute Gasteiger partial charge is 0.307 e. The Kier molecular flexibility index (Phi) is 5.66. The summed E-state index contributed by atoms with van der Waals surface area (Å²) in [6.07, 6.45) is 1.43. The number of furan rings is 1. The standard InChI is InChI=1S/C19H17BrN2O5/c1-3-26-13-4-5-16-11(6-13)7-18(27-16)19(24)22-21-10-12-8-17(25-2)15(23)9-14(12)20/h4-10,23H,3H2,1-2H3,(H,22,24)/b21-10+. The van der Waals surface area contributed by atoms with Gasteiger partial charge >= 0.3 is 5.91 Å². The fourth-order valence-corrected chi connectivity index (χ4v) is 2.86. The van der Waals surface area contributed by atoms with Crippen molar-refractivity contribution in [1.29, 1.82) is 0 Å². The van der Waals surface area contributed by atoms with E-state index in [0.29, 0.717) is 33.7 Å². The van der Waals surface area contributed by atoms with Crippen molar-refractivity contribution in [3.63, 3.8) is 0 Å². The normalized spacial score (nSPS) is 11.1. The molecule has 0 aliphatic carbocycles. The number of ether oxygens (including phenoxy) is 2. The Morgan fingerprint density at radius 3 is 2.89 bits per heavy atom. The monoisotopic (exact) mass is 432 g/mol. The average Bonchev–Trinajstić information content (AvgIpc) is 3.07. The summed E-state index contributed by atoms with van der Waals surface area (Å²) in [5, 5.41) is 14.4. The number of nitrogens with zero attached hydrogens (tertiary/aromatic N) is 1. The van der Waals surface area contributed by atoms with Crippen molar-refractivity contribution in [3.8, 4) is 17.2 Å². The van der Waals surface area contributed by atoms with Crippen molar-refractivity contribution in [3.05, 3.63) is 52.2 Å². The molecule has 2 N–H and O–H groups in total. The van der Waals surface area contributed by atoms with E-state index >= 15 is 0 Å². The molecule has 7 nitrogen and oxygen atoms in total. The predicted molar refractivity (Wildman–Crippen MR) is 105 cm³/mol. The molecule has 27 heavy (non-hydrogen) atoms. The van der Waals surface area contributed by atoms with Crippen LogP contribution in [0.3, 0.4) is 0 Å². The zero-order chi connectivity index (χ0) is 19.4. The van der Waals surface area contributed by atoms with E-state index in [0.717, 1.165) is 5.39 Å². The zero-order valence-corrected chi connectivity index (χ0v) is 16.2. The van der Waals surface area contributed by atoms with Gasteiger partial charge in [0.1, 0.15) is 11.3 Å². The summed E-state index contributed by atoms with van der Waals surface area (Å²) >= 11 is 3.32. The molecule has 3 rings (SSSR count). The fraction of sp³-hybridized carbons (Fsp3) is 0.158. The molecule has 8 heteroatoms. The van der Waals surface area contributed by atoms with Crippen molar-refractivity contribution in [1.82, 2.24) is 5.43 Å². The van der Waals surface area contributed by atoms with Crippen LogP contribution in [0.5, 0.6) is 17.2 Å². The summed E-state index contributed by atoms with van der Waals surface area (Å²) in [5.74, 6) is 0.662. The van der Waals surface area contributed by atoms with Crippen molar-refractivity contribution < 1.29 is 23.8 Å². The number of rotatable bonds is 6. The Morgan fingerprint density at radius 2 is 2.15 bits per heavy atom. The van der Waals surface area contributed by atoms with Gasteiger partial charge in [0.15, 0.2) is 17.3 Å². The maximum absolute atomic E-state index is 12.3. The minimum absolute atomic E-state index is 0.000687. The Labute approximate surface area is 163 Å². The second-order valence-electron chi connectivity index (χ2n) is 5.49. The number of fused-ring (bicyclic) bond motifs is 1. The van der Waals surface area contributed by atoms with Gasteiger partial charge in [-0.25, -0.2) is 5.43 Å². The number of phenolic OH excluding ortho intramolecular Hbond substituents is 1. The Morgan fingerprint density at radius 1 is 1.33 bits per heavy atom. The average molecular weight is 433 g/mol. The minimum atomic E-state index is -0.484. The largest absolute Gasteiger partial charge is 0.504 e. The maximum atomic E-state index is 12.3. The molecule has 3 aromatic rings. The lowest BCUT2D eigenvalue weighted by atomic mass is 10.2. The molecule has 0 aliphatic rings. The summed E-state index contributed by atoms with van der Waals surface area (Å²) in [4.78, 5) is 12.3. The van der Waals surface area contributed by atoms with Crippen LogP contribution in [0.15, 0.2) is 50.4 Å². The van der Waals surface area contributed by atoms with E-state index in [2.05, 4.69) is 26.5 Å². The van der Waals surface area contributed by atoms with Crippen LogP contribution in [0.1, 0.15) is 23.0 Å². The van der Waals surface area contributed by atoms with Gasteiger partial charge in [-0.2, -0.15) is 5.10 Å². The lowest BCUT2D eigenvalue weighted by molar-refractivity contribution is 0.0929. The molecule has 0 aliphatic heterocycles. The number of aromatic hydroxyl groups is 1. The van der Waals surface area contributed by atoms with Gasteiger partial charge in [-0.1, -0.05) is 0 Å². The van der Waals surface area contributed by atoms with E-state index in [1.807, 2.05) is 13.0 Å². The van der Waals surface area contributed by atoms with Crippen molar-refractivity contribution in [2.45, 2.75) is 6.92 Å². The number of hydrogen-bond donors (Lipinski definition) is 2. The number of halogens is 1. The quantitative estimate of drug-likeness (QED) is 0.452. The summed E-state index contributed by atoms with van der Waals surface area (Å²) in [6.45, 7) is 2.46. The number of amides is 1. The van der Waals surface area contributed by atoms with E-state index in [1.165, 1.54) is 19.4 Å². The Bertz CT molecular complexity index is 1010. The van der Waals surface area contributed by atoms with Gasteiger partial charge in [-0.15, -0.1) is 0 Å². The molecule has 2 aromatic carbocycles. The molecule has 0 bridgehead atoms. The fourth-order valence-electron chi connectivity index (χ4n) is 2.43. The van der Waals surface area contributed by atoms with Gasteiger partial charge < -0.3 is 19.0 Å². The SMILES string of the molecule is CCOc1ccc2oc(C(=O)N/N=C/c3cc(OC)c(O)cc3Br)cc2c1. The van der Waals surface area contributed by atoms with E-state index in [1.54, 1.807) is 24.3 Å². The van der Waals surface area contributed by atoms with Crippen LogP contribution in [0.2, 0.25) is 0 Å². The lowest BCUT2D eigenvalue weighted by Gasteiger charge is -2.06. The van der Waals surface area contributed by atoms with Gasteiger partial charge in [-0.3, -0.25) is 4.79 Å². The number of hydrogen-bond acceptors (Lipinski definition) is 6. The first kappa shape index (κ1) is 18.8. The van der Waals surface area contributed by atoms with Crippen LogP contribution in [-0.2, 0) is 0 Å². The van der Waals surface area contributed by atoms with Gasteiger partial charge in [0.2, 0.25) is 0 Å². The lowest BCUT2D eigenvalue weighted by Crippen LogP contribution is -2.16. The molecule has 1 amide bonds. The molecule has 0 saturated heterocycles. The molecular formula is C19H17BrN2O5. The van der Waals surface area contributed by atoms with E-state index in [4.69, 9.17) is 13.9 Å². The number of nitrogens with one attached hydrogen (secondary N) is 1. The molecule has 0 fully saturated rings. The van der Waals surface area contributed by atoms with E-state index < -0.39 is 5.91 Å². The minimum Gasteiger partial charge on any atom is -0.504 e. The predicted octanol–water partition coefficient (Wildman–Crippen LogP) is 4.07. The van der Waals surface area contributed by atoms with Gasteiger partial charge in [0.25, 0.3) is 0 Å². The zero-order valence-electron chi connectivity index (χ0n) is 14.7. The third kappa shape index (κ3) is 4.22. The maximum Gasteiger partial charge on any atom is 0.307 e. The first-order valence-corrected chi connectivity index (χ1v) is 8.87. The number of carbonyl (C=O) groups is 1. The molecule has 140 valence electrons. The third-order valence-corrected chi connectivity index (χ3v) is 4.38. The number of benzene rings is 2. The third-order valence-electron chi connectivity index (χ3n) is 3.69. The molecule has 0 saturated carbocycles. The van der Waals surface area contributed by atoms with Crippen LogP contribution in [0.25, 0.3) is 11.0 Å². The molecule has 0 atom stereocenters. The molecule has 1 aromatic heterocycles. The van der Waals surface area contributed by atoms with Gasteiger partial charge in [0.05, 0.1) is 19.9 Å². The van der Waals surface area contributed by atoms with Gasteiger partial charge in [-0.05, 0) is 59.3 Å². The number of hydrazone groups is 1. The highest BCUT2D eigenvalue weighted by Crippen LogP contribution is 2.31. The van der Waals surface area contributed by atoms with Crippen molar-refractivity contribution in [2.75, 3.05) is 13.7 Å². The topological polar surface area (TPSA) is 93.3 Å². The number of carbonyl (C=O) groups excluding carboxylic acids is 1. The summed E-state index contributed by atoms with van der Waals surface area (Å²) in [7, 11) is 1.45. The second-order valence-corrected chi connectivity index (χ2v) is 6.34. The number of methoxy groups -OCH3 is 1. The highest BCUT2D eigenvalue weighted by molar-refractivity contribution is 9.10.